The molecule has 28 heavy (non-hydrogen) atoms. The molecule has 3 rings (SSSR count). The largest absolute Gasteiger partial charge is 0.326 e. The molecule has 2 N–H and O–H groups in total. The Morgan fingerprint density at radius 2 is 1.93 bits per heavy atom. The van der Waals surface area contributed by atoms with E-state index in [4.69, 9.17) is 11.6 Å². The number of nitrogens with one attached hydrogen (secondary N) is 2. The Bertz CT molecular complexity index is 972. The molecule has 2 aromatic carbocycles. The van der Waals surface area contributed by atoms with Crippen molar-refractivity contribution in [2.24, 2.45) is 4.99 Å². The fourth-order valence-electron chi connectivity index (χ4n) is 2.91. The number of aliphatic imine (C=N–C) groups is 1. The lowest BCUT2D eigenvalue weighted by Gasteiger charge is -2.10. The van der Waals surface area contributed by atoms with Gasteiger partial charge in [0.25, 0.3) is 10.0 Å². The first-order valence-electron chi connectivity index (χ1n) is 9.13. The van der Waals surface area contributed by atoms with Crippen LogP contribution in [0.25, 0.3) is 0 Å². The summed E-state index contributed by atoms with van der Waals surface area (Å²) >= 11 is 5.86. The number of carbonyl (C=O) groups is 1. The number of carbonyl (C=O) groups excluding carboxylic acids is 1. The molecule has 0 atom stereocenters. The summed E-state index contributed by atoms with van der Waals surface area (Å²) in [6, 6.07) is 13.8. The van der Waals surface area contributed by atoms with Gasteiger partial charge in [-0.3, -0.25) is 14.5 Å². The van der Waals surface area contributed by atoms with Crippen molar-refractivity contribution in [3.63, 3.8) is 0 Å². The lowest BCUT2D eigenvalue weighted by Crippen LogP contribution is -2.29. The maximum absolute atomic E-state index is 12.5. The highest BCUT2D eigenvalue weighted by molar-refractivity contribution is 7.90. The number of amides is 1. The smallest absolute Gasteiger partial charge is 0.262 e. The first kappa shape index (κ1) is 20.4. The Morgan fingerprint density at radius 3 is 2.64 bits per heavy atom. The number of benzene rings is 2. The molecule has 0 saturated heterocycles. The molecule has 2 aromatic rings. The van der Waals surface area contributed by atoms with Crippen LogP contribution >= 0.6 is 11.6 Å². The summed E-state index contributed by atoms with van der Waals surface area (Å²) in [5, 5.41) is 3.45. The molecule has 148 valence electrons. The Kier molecular flexibility index (Phi) is 6.70. The molecule has 6 nitrogen and oxygen atoms in total. The van der Waals surface area contributed by atoms with Gasteiger partial charge >= 0.3 is 0 Å². The van der Waals surface area contributed by atoms with E-state index >= 15 is 0 Å². The number of hydrogen-bond acceptors (Lipinski definition) is 4. The van der Waals surface area contributed by atoms with E-state index in [1.54, 1.807) is 12.1 Å². The van der Waals surface area contributed by atoms with Gasteiger partial charge in [0.1, 0.15) is 5.84 Å². The molecule has 0 radical (unpaired) electrons. The third-order valence-corrected chi connectivity index (χ3v) is 5.97. The summed E-state index contributed by atoms with van der Waals surface area (Å²) in [4.78, 5) is 16.4. The van der Waals surface area contributed by atoms with E-state index in [1.807, 2.05) is 24.3 Å². The Balaban J connectivity index is 1.54. The van der Waals surface area contributed by atoms with Gasteiger partial charge < -0.3 is 5.32 Å². The molecule has 0 bridgehead atoms. The van der Waals surface area contributed by atoms with Crippen LogP contribution in [-0.2, 0) is 21.2 Å². The Hall–Kier alpha value is -2.38. The number of hydrogen-bond donors (Lipinski definition) is 2. The number of anilines is 1. The molecule has 1 aliphatic heterocycles. The van der Waals surface area contributed by atoms with Gasteiger partial charge in [0.15, 0.2) is 0 Å². The molecular weight excluding hydrogens is 398 g/mol. The summed E-state index contributed by atoms with van der Waals surface area (Å²) in [5.74, 6) is 0.327. The second-order valence-electron chi connectivity index (χ2n) is 6.59. The van der Waals surface area contributed by atoms with Crippen molar-refractivity contribution in [2.45, 2.75) is 37.0 Å². The predicted molar refractivity (Wildman–Crippen MR) is 111 cm³/mol. The van der Waals surface area contributed by atoms with E-state index < -0.39 is 10.0 Å². The SMILES string of the molecule is O=C(CCCc1ccc(Cl)cc1)Nc1cccc(S(=O)(=O)NC2=NCCC2)c1. The van der Waals surface area contributed by atoms with Crippen LogP contribution in [0.5, 0.6) is 0 Å². The van der Waals surface area contributed by atoms with Crippen molar-refractivity contribution in [1.82, 2.24) is 4.72 Å². The Labute approximate surface area is 170 Å². The molecule has 0 aliphatic carbocycles. The van der Waals surface area contributed by atoms with Crippen LogP contribution in [0.15, 0.2) is 58.4 Å². The number of aryl methyl sites for hydroxylation is 1. The van der Waals surface area contributed by atoms with Gasteiger partial charge in [0, 0.05) is 30.1 Å². The summed E-state index contributed by atoms with van der Waals surface area (Å²) in [6.45, 7) is 0.643. The lowest BCUT2D eigenvalue weighted by molar-refractivity contribution is -0.116. The minimum Gasteiger partial charge on any atom is -0.326 e. The van der Waals surface area contributed by atoms with E-state index in [0.717, 1.165) is 18.4 Å². The standard InChI is InChI=1S/C20H22ClN3O3S/c21-16-11-9-15(10-12-16)4-1-8-20(25)23-17-5-2-6-18(14-17)28(26,27)24-19-7-3-13-22-19/h2,5-6,9-12,14H,1,3-4,7-8,13H2,(H,22,24)(H,23,25). The molecule has 1 amide bonds. The zero-order valence-electron chi connectivity index (χ0n) is 15.3. The van der Waals surface area contributed by atoms with Crippen LogP contribution in [0.3, 0.4) is 0 Å². The van der Waals surface area contributed by atoms with Gasteiger partial charge in [-0.1, -0.05) is 29.8 Å². The van der Waals surface area contributed by atoms with Crippen LogP contribution in [-0.4, -0.2) is 26.7 Å². The summed E-state index contributed by atoms with van der Waals surface area (Å²) in [5.41, 5.74) is 1.57. The average molecular weight is 420 g/mol. The molecule has 0 aromatic heterocycles. The van der Waals surface area contributed by atoms with E-state index in [9.17, 15) is 13.2 Å². The first-order chi connectivity index (χ1) is 13.4. The minimum atomic E-state index is -3.70. The normalized spacial score (nSPS) is 13.8. The first-order valence-corrected chi connectivity index (χ1v) is 11.0. The number of halogens is 1. The molecule has 0 spiro atoms. The van der Waals surface area contributed by atoms with Gasteiger partial charge in [0.05, 0.1) is 4.90 Å². The van der Waals surface area contributed by atoms with Crippen molar-refractivity contribution >= 4 is 39.1 Å². The highest BCUT2D eigenvalue weighted by Gasteiger charge is 2.18. The van der Waals surface area contributed by atoms with Gasteiger partial charge in [-0.05, 0) is 55.2 Å². The molecule has 0 saturated carbocycles. The second kappa shape index (κ2) is 9.21. The van der Waals surface area contributed by atoms with Crippen LogP contribution < -0.4 is 10.0 Å². The summed E-state index contributed by atoms with van der Waals surface area (Å²) < 4.78 is 27.4. The molecule has 1 heterocycles. The fourth-order valence-corrected chi connectivity index (χ4v) is 4.17. The molecule has 8 heteroatoms. The Morgan fingerprint density at radius 1 is 1.14 bits per heavy atom. The molecule has 1 aliphatic rings. The quantitative estimate of drug-likeness (QED) is 0.715. The van der Waals surface area contributed by atoms with E-state index in [2.05, 4.69) is 15.0 Å². The van der Waals surface area contributed by atoms with E-state index in [-0.39, 0.29) is 10.8 Å². The third-order valence-electron chi connectivity index (χ3n) is 4.34. The second-order valence-corrected chi connectivity index (χ2v) is 8.71. The van der Waals surface area contributed by atoms with E-state index in [1.165, 1.54) is 12.1 Å². The molecule has 0 fully saturated rings. The number of amidine groups is 1. The lowest BCUT2D eigenvalue weighted by atomic mass is 10.1. The van der Waals surface area contributed by atoms with Crippen molar-refractivity contribution in [3.8, 4) is 0 Å². The topological polar surface area (TPSA) is 87.6 Å². The van der Waals surface area contributed by atoms with Gasteiger partial charge in [0.2, 0.25) is 5.91 Å². The van der Waals surface area contributed by atoms with Gasteiger partial charge in [-0.15, -0.1) is 0 Å². The van der Waals surface area contributed by atoms with Crippen LogP contribution in [0.4, 0.5) is 5.69 Å². The number of nitrogens with zero attached hydrogens (tertiary/aromatic N) is 1. The average Bonchev–Trinajstić information content (AvgIpc) is 3.16. The highest BCUT2D eigenvalue weighted by atomic mass is 35.5. The third kappa shape index (κ3) is 5.81. The minimum absolute atomic E-state index is 0.0982. The zero-order valence-corrected chi connectivity index (χ0v) is 16.9. The van der Waals surface area contributed by atoms with Crippen LogP contribution in [0, 0.1) is 0 Å². The van der Waals surface area contributed by atoms with Crippen molar-refractivity contribution in [3.05, 3.63) is 59.1 Å². The van der Waals surface area contributed by atoms with Crippen LogP contribution in [0.1, 0.15) is 31.2 Å². The maximum Gasteiger partial charge on any atom is 0.262 e. The number of rotatable bonds is 7. The summed E-state index contributed by atoms with van der Waals surface area (Å²) in [6.07, 6.45) is 3.28. The summed E-state index contributed by atoms with van der Waals surface area (Å²) in [7, 11) is -3.70. The van der Waals surface area contributed by atoms with Gasteiger partial charge in [-0.25, -0.2) is 8.42 Å². The molecule has 0 unspecified atom stereocenters. The molecular formula is C20H22ClN3O3S. The maximum atomic E-state index is 12.5. The van der Waals surface area contributed by atoms with Crippen molar-refractivity contribution in [2.75, 3.05) is 11.9 Å². The highest BCUT2D eigenvalue weighted by Crippen LogP contribution is 2.17. The van der Waals surface area contributed by atoms with Crippen molar-refractivity contribution in [1.29, 1.82) is 0 Å². The fraction of sp³-hybridized carbons (Fsp3) is 0.300. The number of sulfonamides is 1. The van der Waals surface area contributed by atoms with E-state index in [0.29, 0.717) is 42.4 Å². The predicted octanol–water partition coefficient (Wildman–Crippen LogP) is 3.77. The monoisotopic (exact) mass is 419 g/mol. The van der Waals surface area contributed by atoms with Crippen LogP contribution in [0.2, 0.25) is 5.02 Å². The van der Waals surface area contributed by atoms with Crippen molar-refractivity contribution < 1.29 is 13.2 Å². The van der Waals surface area contributed by atoms with Gasteiger partial charge in [-0.2, -0.15) is 0 Å². The zero-order chi connectivity index (χ0) is 20.0.